The van der Waals surface area contributed by atoms with Gasteiger partial charge in [-0.05, 0) is 47.9 Å². The van der Waals surface area contributed by atoms with Crippen LogP contribution >= 0.6 is 22.9 Å². The van der Waals surface area contributed by atoms with Gasteiger partial charge in [-0.2, -0.15) is 4.31 Å². The minimum absolute atomic E-state index is 0.216. The van der Waals surface area contributed by atoms with Crippen molar-refractivity contribution in [2.24, 2.45) is 0 Å². The Labute approximate surface area is 218 Å². The predicted octanol–water partition coefficient (Wildman–Crippen LogP) is 4.70. The number of carbonyl (C=O) groups excluding carboxylic acids is 1. The van der Waals surface area contributed by atoms with E-state index in [1.165, 1.54) is 4.31 Å². The molecule has 4 aromatic rings. The molecule has 0 spiro atoms. The predicted molar refractivity (Wildman–Crippen MR) is 144 cm³/mol. The van der Waals surface area contributed by atoms with Crippen LogP contribution in [0.3, 0.4) is 0 Å². The fourth-order valence-electron chi connectivity index (χ4n) is 4.26. The minimum atomic E-state index is -3.65. The van der Waals surface area contributed by atoms with Gasteiger partial charge in [-0.15, -0.1) is 11.3 Å². The molecule has 0 radical (unpaired) electrons. The largest absolute Gasteiger partial charge is 0.505 e. The highest BCUT2D eigenvalue weighted by Gasteiger charge is 2.30. The summed E-state index contributed by atoms with van der Waals surface area (Å²) in [6, 6.07) is 21.4. The molecule has 7 nitrogen and oxygen atoms in total. The van der Waals surface area contributed by atoms with E-state index in [0.717, 1.165) is 27.0 Å². The SMILES string of the molecule is O=C(NCc1ccc(S(=O)(=O)N2CCN(c3ccc4ccccc4c3O)CC2)s1)c1ccc(Cl)cc1. The van der Waals surface area contributed by atoms with Gasteiger partial charge >= 0.3 is 0 Å². The van der Waals surface area contributed by atoms with Gasteiger partial charge in [-0.3, -0.25) is 4.79 Å². The highest BCUT2D eigenvalue weighted by molar-refractivity contribution is 7.91. The van der Waals surface area contributed by atoms with Gasteiger partial charge < -0.3 is 15.3 Å². The van der Waals surface area contributed by atoms with Crippen molar-refractivity contribution in [2.75, 3.05) is 31.1 Å². The summed E-state index contributed by atoms with van der Waals surface area (Å²) in [4.78, 5) is 15.1. The van der Waals surface area contributed by atoms with Gasteiger partial charge in [0.1, 0.15) is 9.96 Å². The number of phenols is 1. The fourth-order valence-corrected chi connectivity index (χ4v) is 7.26. The maximum Gasteiger partial charge on any atom is 0.252 e. The molecule has 1 aliphatic rings. The second-order valence-electron chi connectivity index (χ2n) is 8.46. The Balaban J connectivity index is 1.22. The third-order valence-corrected chi connectivity index (χ3v) is 9.92. The van der Waals surface area contributed by atoms with Crippen molar-refractivity contribution in [1.82, 2.24) is 9.62 Å². The van der Waals surface area contributed by atoms with Crippen molar-refractivity contribution in [3.05, 3.63) is 88.3 Å². The highest BCUT2D eigenvalue weighted by Crippen LogP contribution is 2.36. The molecule has 0 aliphatic carbocycles. The van der Waals surface area contributed by atoms with Crippen LogP contribution in [0.25, 0.3) is 10.8 Å². The van der Waals surface area contributed by atoms with E-state index < -0.39 is 10.0 Å². The molecule has 0 atom stereocenters. The minimum Gasteiger partial charge on any atom is -0.505 e. The third-order valence-electron chi connectivity index (χ3n) is 6.22. The van der Waals surface area contributed by atoms with Crippen molar-refractivity contribution in [2.45, 2.75) is 10.8 Å². The summed E-state index contributed by atoms with van der Waals surface area (Å²) in [5.74, 6) is -0.0366. The van der Waals surface area contributed by atoms with Crippen LogP contribution in [-0.2, 0) is 16.6 Å². The zero-order chi connectivity index (χ0) is 25.3. The average molecular weight is 542 g/mol. The number of hydrogen-bond acceptors (Lipinski definition) is 6. The van der Waals surface area contributed by atoms with Crippen molar-refractivity contribution in [3.63, 3.8) is 0 Å². The molecular weight excluding hydrogens is 518 g/mol. The molecule has 2 heterocycles. The number of benzene rings is 3. The van der Waals surface area contributed by atoms with E-state index in [9.17, 15) is 18.3 Å². The number of hydrogen-bond donors (Lipinski definition) is 2. The van der Waals surface area contributed by atoms with Gasteiger partial charge in [0.15, 0.2) is 0 Å². The lowest BCUT2D eigenvalue weighted by molar-refractivity contribution is 0.0951. The van der Waals surface area contributed by atoms with Crippen molar-refractivity contribution >= 4 is 55.3 Å². The van der Waals surface area contributed by atoms with E-state index in [-0.39, 0.29) is 22.4 Å². The zero-order valence-corrected chi connectivity index (χ0v) is 21.6. The third kappa shape index (κ3) is 4.92. The van der Waals surface area contributed by atoms with E-state index in [4.69, 9.17) is 11.6 Å². The number of anilines is 1. The monoisotopic (exact) mass is 541 g/mol. The van der Waals surface area contributed by atoms with Crippen LogP contribution in [0.2, 0.25) is 5.02 Å². The second-order valence-corrected chi connectivity index (χ2v) is 12.2. The maximum absolute atomic E-state index is 13.2. The van der Waals surface area contributed by atoms with Gasteiger partial charge in [-0.1, -0.05) is 41.9 Å². The number of fused-ring (bicyclic) bond motifs is 1. The molecule has 10 heteroatoms. The van der Waals surface area contributed by atoms with Crippen molar-refractivity contribution in [1.29, 1.82) is 0 Å². The number of piperazine rings is 1. The number of sulfonamides is 1. The first-order valence-electron chi connectivity index (χ1n) is 11.4. The molecule has 1 saturated heterocycles. The number of nitrogens with one attached hydrogen (secondary N) is 1. The molecule has 36 heavy (non-hydrogen) atoms. The Morgan fingerprint density at radius 2 is 1.67 bits per heavy atom. The summed E-state index contributed by atoms with van der Waals surface area (Å²) in [5, 5.41) is 15.9. The molecule has 3 aromatic carbocycles. The van der Waals surface area contributed by atoms with E-state index in [1.807, 2.05) is 41.3 Å². The fraction of sp³-hybridized carbons (Fsp3) is 0.192. The van der Waals surface area contributed by atoms with Gasteiger partial charge in [0.25, 0.3) is 15.9 Å². The van der Waals surface area contributed by atoms with Crippen LogP contribution in [0.4, 0.5) is 5.69 Å². The first-order chi connectivity index (χ1) is 17.3. The van der Waals surface area contributed by atoms with Crippen LogP contribution in [0, 0.1) is 0 Å². The Bertz CT molecular complexity index is 1510. The van der Waals surface area contributed by atoms with Gasteiger partial charge in [0, 0.05) is 47.0 Å². The summed E-state index contributed by atoms with van der Waals surface area (Å²) in [6.07, 6.45) is 0. The average Bonchev–Trinajstić information content (AvgIpc) is 3.38. The topological polar surface area (TPSA) is 90.0 Å². The van der Waals surface area contributed by atoms with Crippen LogP contribution < -0.4 is 10.2 Å². The van der Waals surface area contributed by atoms with Crippen LogP contribution in [0.15, 0.2) is 77.0 Å². The molecule has 186 valence electrons. The molecule has 1 amide bonds. The van der Waals surface area contributed by atoms with Gasteiger partial charge in [0.2, 0.25) is 0 Å². The quantitative estimate of drug-likeness (QED) is 0.369. The highest BCUT2D eigenvalue weighted by atomic mass is 35.5. The first kappa shape index (κ1) is 24.6. The number of amides is 1. The molecule has 0 unspecified atom stereocenters. The smallest absolute Gasteiger partial charge is 0.252 e. The van der Waals surface area contributed by atoms with E-state index >= 15 is 0 Å². The van der Waals surface area contributed by atoms with E-state index in [0.29, 0.717) is 42.5 Å². The molecule has 0 bridgehead atoms. The lowest BCUT2D eigenvalue weighted by Gasteiger charge is -2.35. The number of aromatic hydroxyl groups is 1. The molecular formula is C26H24ClN3O4S2. The molecule has 1 aliphatic heterocycles. The summed E-state index contributed by atoms with van der Waals surface area (Å²) >= 11 is 7.02. The molecule has 0 saturated carbocycles. The standard InChI is InChI=1S/C26H24ClN3O4S2/c27-20-8-5-19(6-9-20)26(32)28-17-21-10-12-24(35-21)36(33,34)30-15-13-29(14-16-30)23-11-7-18-3-1-2-4-22(18)25(23)31/h1-12,31H,13-17H2,(H,28,32). The van der Waals surface area contributed by atoms with Crippen molar-refractivity contribution < 1.29 is 18.3 Å². The Hall–Kier alpha value is -3.11. The second kappa shape index (κ2) is 10.1. The summed E-state index contributed by atoms with van der Waals surface area (Å²) in [6.45, 7) is 1.81. The van der Waals surface area contributed by atoms with Gasteiger partial charge in [0.05, 0.1) is 12.2 Å². The number of nitrogens with zero attached hydrogens (tertiary/aromatic N) is 2. The van der Waals surface area contributed by atoms with Crippen LogP contribution in [0.1, 0.15) is 15.2 Å². The first-order valence-corrected chi connectivity index (χ1v) is 14.0. The summed E-state index contributed by atoms with van der Waals surface area (Å²) in [7, 11) is -3.65. The lowest BCUT2D eigenvalue weighted by Crippen LogP contribution is -2.48. The number of phenolic OH excluding ortho intramolecular Hbond substituents is 1. The molecule has 2 N–H and O–H groups in total. The summed E-state index contributed by atoms with van der Waals surface area (Å²) in [5.41, 5.74) is 1.19. The Morgan fingerprint density at radius 3 is 2.42 bits per heavy atom. The number of carbonyl (C=O) groups is 1. The van der Waals surface area contributed by atoms with E-state index in [2.05, 4.69) is 5.32 Å². The molecule has 5 rings (SSSR count). The molecule has 1 fully saturated rings. The van der Waals surface area contributed by atoms with Crippen LogP contribution in [-0.4, -0.2) is 49.9 Å². The Kier molecular flexibility index (Phi) is 6.90. The summed E-state index contributed by atoms with van der Waals surface area (Å²) < 4.78 is 28.2. The number of halogens is 1. The lowest BCUT2D eigenvalue weighted by atomic mass is 10.1. The molecule has 1 aromatic heterocycles. The maximum atomic E-state index is 13.2. The Morgan fingerprint density at radius 1 is 0.944 bits per heavy atom. The number of rotatable bonds is 6. The van der Waals surface area contributed by atoms with E-state index in [1.54, 1.807) is 36.4 Å². The van der Waals surface area contributed by atoms with Crippen LogP contribution in [0.5, 0.6) is 5.75 Å². The number of thiophene rings is 1. The zero-order valence-electron chi connectivity index (χ0n) is 19.2. The normalized spacial score (nSPS) is 14.8. The van der Waals surface area contributed by atoms with Crippen molar-refractivity contribution in [3.8, 4) is 5.75 Å². The van der Waals surface area contributed by atoms with Gasteiger partial charge in [-0.25, -0.2) is 8.42 Å².